The second-order valence-electron chi connectivity index (χ2n) is 2.46. The second kappa shape index (κ2) is 8.84. The molecule has 0 atom stereocenters. The van der Waals surface area contributed by atoms with Crippen molar-refractivity contribution >= 4 is 22.0 Å². The van der Waals surface area contributed by atoms with Crippen LogP contribution in [0.4, 0.5) is 4.79 Å². The van der Waals surface area contributed by atoms with E-state index >= 15 is 0 Å². The monoisotopic (exact) mass is 237 g/mol. The second-order valence-corrected chi connectivity index (χ2v) is 3.25. The molecule has 72 valence electrons. The van der Waals surface area contributed by atoms with Crippen LogP contribution in [0.2, 0.25) is 0 Å². The van der Waals surface area contributed by atoms with E-state index < -0.39 is 0 Å². The summed E-state index contributed by atoms with van der Waals surface area (Å²) in [5.74, 6) is 0. The summed E-state index contributed by atoms with van der Waals surface area (Å²) in [7, 11) is 0. The molecule has 3 nitrogen and oxygen atoms in total. The first-order valence-corrected chi connectivity index (χ1v) is 5.40. The highest BCUT2D eigenvalue weighted by Gasteiger charge is 1.98. The number of nitrogens with one attached hydrogen (secondary N) is 1. The highest BCUT2D eigenvalue weighted by atomic mass is 79.9. The van der Waals surface area contributed by atoms with Crippen LogP contribution in [0.5, 0.6) is 0 Å². The van der Waals surface area contributed by atoms with Crippen LogP contribution in [0.15, 0.2) is 0 Å². The van der Waals surface area contributed by atoms with E-state index in [1.54, 1.807) is 0 Å². The third-order valence-corrected chi connectivity index (χ3v) is 1.87. The summed E-state index contributed by atoms with van der Waals surface area (Å²) in [6.45, 7) is 3.26. The summed E-state index contributed by atoms with van der Waals surface area (Å²) in [4.78, 5) is 10.8. The van der Waals surface area contributed by atoms with Crippen LogP contribution in [-0.4, -0.2) is 24.6 Å². The Kier molecular flexibility index (Phi) is 8.66. The lowest BCUT2D eigenvalue weighted by atomic mass is 10.4. The van der Waals surface area contributed by atoms with E-state index in [-0.39, 0.29) is 6.09 Å². The Morgan fingerprint density at radius 2 is 2.25 bits per heavy atom. The number of carbonyl (C=O) groups excluding carboxylic acids is 1. The molecule has 0 aliphatic rings. The maximum Gasteiger partial charge on any atom is 0.407 e. The Bertz CT molecular complexity index is 108. The van der Waals surface area contributed by atoms with Crippen LogP contribution in [0.3, 0.4) is 0 Å². The van der Waals surface area contributed by atoms with Crippen LogP contribution < -0.4 is 5.32 Å². The normalized spacial score (nSPS) is 9.50. The van der Waals surface area contributed by atoms with Crippen molar-refractivity contribution in [2.45, 2.75) is 26.2 Å². The summed E-state index contributed by atoms with van der Waals surface area (Å²) in [6.07, 6.45) is 2.62. The number of halogens is 1. The number of alkyl halides is 1. The van der Waals surface area contributed by atoms with Crippen LogP contribution >= 0.6 is 15.9 Å². The molecule has 0 aromatic rings. The summed E-state index contributed by atoms with van der Waals surface area (Å²) < 4.78 is 4.86. The van der Waals surface area contributed by atoms with E-state index in [9.17, 15) is 4.79 Å². The van der Waals surface area contributed by atoms with Crippen molar-refractivity contribution in [2.24, 2.45) is 0 Å². The number of hydrogen-bond acceptors (Lipinski definition) is 2. The van der Waals surface area contributed by atoms with Gasteiger partial charge in [-0.1, -0.05) is 29.3 Å². The lowest BCUT2D eigenvalue weighted by molar-refractivity contribution is 0.144. The summed E-state index contributed by atoms with van der Waals surface area (Å²) in [6, 6.07) is 0. The Morgan fingerprint density at radius 3 is 2.83 bits per heavy atom. The molecule has 0 saturated heterocycles. The first kappa shape index (κ1) is 11.8. The summed E-state index contributed by atoms with van der Waals surface area (Å²) in [5.41, 5.74) is 0. The largest absolute Gasteiger partial charge is 0.450 e. The van der Waals surface area contributed by atoms with Gasteiger partial charge in [0.1, 0.15) is 0 Å². The van der Waals surface area contributed by atoms with Gasteiger partial charge in [0, 0.05) is 11.9 Å². The fourth-order valence-corrected chi connectivity index (χ4v) is 0.898. The Balaban J connectivity index is 3.10. The number of rotatable bonds is 6. The number of alkyl carbamates (subject to hydrolysis) is 1. The van der Waals surface area contributed by atoms with Crippen LogP contribution in [-0.2, 0) is 4.74 Å². The third kappa shape index (κ3) is 7.85. The van der Waals surface area contributed by atoms with Gasteiger partial charge in [-0.3, -0.25) is 0 Å². The van der Waals surface area contributed by atoms with Crippen molar-refractivity contribution in [3.05, 3.63) is 0 Å². The van der Waals surface area contributed by atoms with Crippen molar-refractivity contribution in [1.29, 1.82) is 0 Å². The van der Waals surface area contributed by atoms with Gasteiger partial charge < -0.3 is 10.1 Å². The van der Waals surface area contributed by atoms with E-state index in [2.05, 4.69) is 28.2 Å². The fraction of sp³-hybridized carbons (Fsp3) is 0.875. The number of unbranched alkanes of at least 4 members (excludes halogenated alkanes) is 1. The van der Waals surface area contributed by atoms with Gasteiger partial charge in [-0.25, -0.2) is 4.79 Å². The van der Waals surface area contributed by atoms with Gasteiger partial charge in [0.05, 0.1) is 6.61 Å². The van der Waals surface area contributed by atoms with Crippen LogP contribution in [0.1, 0.15) is 26.2 Å². The average molecular weight is 238 g/mol. The molecule has 4 heteroatoms. The molecule has 0 aromatic carbocycles. The first-order valence-electron chi connectivity index (χ1n) is 4.27. The van der Waals surface area contributed by atoms with Gasteiger partial charge in [0.25, 0.3) is 0 Å². The average Bonchev–Trinajstić information content (AvgIpc) is 2.06. The first-order chi connectivity index (χ1) is 5.81. The molecular weight excluding hydrogens is 222 g/mol. The molecule has 0 rings (SSSR count). The molecule has 1 amide bonds. The molecular formula is C8H16BrNO2. The highest BCUT2D eigenvalue weighted by molar-refractivity contribution is 9.09. The number of hydrogen-bond donors (Lipinski definition) is 1. The Hall–Kier alpha value is -0.250. The molecule has 0 aliphatic heterocycles. The molecule has 1 N–H and O–H groups in total. The molecule has 0 fully saturated rings. The minimum Gasteiger partial charge on any atom is -0.450 e. The molecule has 0 aliphatic carbocycles. The van der Waals surface area contributed by atoms with Gasteiger partial charge in [0.2, 0.25) is 0 Å². The zero-order valence-electron chi connectivity index (χ0n) is 7.44. The van der Waals surface area contributed by atoms with Crippen molar-refractivity contribution in [1.82, 2.24) is 5.32 Å². The van der Waals surface area contributed by atoms with Gasteiger partial charge in [-0.15, -0.1) is 0 Å². The predicted molar refractivity (Wildman–Crippen MR) is 52.7 cm³/mol. The molecule has 12 heavy (non-hydrogen) atoms. The van der Waals surface area contributed by atoms with Gasteiger partial charge >= 0.3 is 6.09 Å². The van der Waals surface area contributed by atoms with E-state index in [4.69, 9.17) is 4.74 Å². The van der Waals surface area contributed by atoms with E-state index in [1.165, 1.54) is 0 Å². The molecule has 0 heterocycles. The fourth-order valence-electron chi connectivity index (χ4n) is 0.618. The summed E-state index contributed by atoms with van der Waals surface area (Å²) >= 11 is 3.27. The van der Waals surface area contributed by atoms with Crippen LogP contribution in [0, 0.1) is 0 Å². The molecule has 0 radical (unpaired) electrons. The number of amides is 1. The maximum absolute atomic E-state index is 10.8. The Morgan fingerprint density at radius 1 is 1.50 bits per heavy atom. The lowest BCUT2D eigenvalue weighted by Gasteiger charge is -2.04. The van der Waals surface area contributed by atoms with E-state index in [1.807, 2.05) is 0 Å². The zero-order chi connectivity index (χ0) is 9.23. The minimum absolute atomic E-state index is 0.301. The highest BCUT2D eigenvalue weighted by Crippen LogP contribution is 1.89. The minimum atomic E-state index is -0.301. The van der Waals surface area contributed by atoms with E-state index in [0.29, 0.717) is 13.2 Å². The van der Waals surface area contributed by atoms with Gasteiger partial charge in [-0.2, -0.15) is 0 Å². The van der Waals surface area contributed by atoms with Gasteiger partial charge in [-0.05, 0) is 12.8 Å². The van der Waals surface area contributed by atoms with Crippen molar-refractivity contribution in [2.75, 3.05) is 18.5 Å². The van der Waals surface area contributed by atoms with Crippen molar-refractivity contribution in [3.63, 3.8) is 0 Å². The Labute approximate surface area is 82.0 Å². The lowest BCUT2D eigenvalue weighted by Crippen LogP contribution is -2.25. The predicted octanol–water partition coefficient (Wildman–Crippen LogP) is 2.30. The van der Waals surface area contributed by atoms with Crippen molar-refractivity contribution < 1.29 is 9.53 Å². The molecule has 0 bridgehead atoms. The zero-order valence-corrected chi connectivity index (χ0v) is 9.02. The topological polar surface area (TPSA) is 38.3 Å². The SMILES string of the molecule is CCCCOC(=O)NCCCBr. The molecule has 0 unspecified atom stereocenters. The molecule has 0 aromatic heterocycles. The third-order valence-electron chi connectivity index (χ3n) is 1.31. The standard InChI is InChI=1S/C8H16BrNO2/c1-2-3-7-12-8(11)10-6-4-5-9/h2-7H2,1H3,(H,10,11). The number of ether oxygens (including phenoxy) is 1. The quantitative estimate of drug-likeness (QED) is 0.569. The summed E-state index contributed by atoms with van der Waals surface area (Å²) in [5, 5.41) is 3.56. The molecule has 0 saturated carbocycles. The van der Waals surface area contributed by atoms with Crippen LogP contribution in [0.25, 0.3) is 0 Å². The molecule has 0 spiro atoms. The maximum atomic E-state index is 10.8. The van der Waals surface area contributed by atoms with Gasteiger partial charge in [0.15, 0.2) is 0 Å². The smallest absolute Gasteiger partial charge is 0.407 e. The van der Waals surface area contributed by atoms with E-state index in [0.717, 1.165) is 24.6 Å². The number of carbonyl (C=O) groups is 1. The van der Waals surface area contributed by atoms with Crippen molar-refractivity contribution in [3.8, 4) is 0 Å².